The zero-order valence-electron chi connectivity index (χ0n) is 15.8. The lowest BCUT2D eigenvalue weighted by atomic mass is 10.1. The molecule has 2 aromatic heterocycles. The lowest BCUT2D eigenvalue weighted by Crippen LogP contribution is -2.15. The summed E-state index contributed by atoms with van der Waals surface area (Å²) < 4.78 is 5.82. The van der Waals surface area contributed by atoms with Crippen LogP contribution in [0, 0.1) is 6.92 Å². The van der Waals surface area contributed by atoms with Crippen LogP contribution in [0.25, 0.3) is 11.3 Å². The van der Waals surface area contributed by atoms with Crippen molar-refractivity contribution >= 4 is 34.3 Å². The monoisotopic (exact) mass is 421 g/mol. The van der Waals surface area contributed by atoms with E-state index in [4.69, 9.17) is 4.74 Å². The number of aromatic nitrogens is 2. The Labute approximate surface area is 177 Å². The summed E-state index contributed by atoms with van der Waals surface area (Å²) in [5, 5.41) is 7.97. The van der Waals surface area contributed by atoms with Crippen molar-refractivity contribution in [1.29, 1.82) is 0 Å². The van der Waals surface area contributed by atoms with Gasteiger partial charge in [0.05, 0.1) is 34.0 Å². The topological polar surface area (TPSA) is 64.1 Å². The highest BCUT2D eigenvalue weighted by atomic mass is 32.1. The maximum Gasteiger partial charge on any atom is 0.228 e. The van der Waals surface area contributed by atoms with Crippen LogP contribution in [0.5, 0.6) is 5.75 Å². The van der Waals surface area contributed by atoms with Crippen LogP contribution in [0.15, 0.2) is 64.8 Å². The molecular weight excluding hydrogens is 402 g/mol. The number of aryl methyl sites for hydroxylation is 1. The molecule has 0 bridgehead atoms. The van der Waals surface area contributed by atoms with Crippen molar-refractivity contribution in [3.05, 3.63) is 81.1 Å². The van der Waals surface area contributed by atoms with Crippen LogP contribution in [0.2, 0.25) is 0 Å². The molecule has 0 saturated heterocycles. The Morgan fingerprint density at radius 1 is 1.10 bits per heavy atom. The van der Waals surface area contributed by atoms with Gasteiger partial charge in [0.25, 0.3) is 0 Å². The van der Waals surface area contributed by atoms with E-state index in [9.17, 15) is 4.79 Å². The van der Waals surface area contributed by atoms with E-state index in [0.29, 0.717) is 18.0 Å². The summed E-state index contributed by atoms with van der Waals surface area (Å²) in [7, 11) is 0. The summed E-state index contributed by atoms with van der Waals surface area (Å²) in [4.78, 5) is 21.2. The van der Waals surface area contributed by atoms with Crippen molar-refractivity contribution < 1.29 is 9.53 Å². The number of hydrogen-bond donors (Lipinski definition) is 1. The van der Waals surface area contributed by atoms with E-state index >= 15 is 0 Å². The van der Waals surface area contributed by atoms with Gasteiger partial charge in [-0.05, 0) is 24.6 Å². The lowest BCUT2D eigenvalue weighted by Gasteiger charge is -2.12. The van der Waals surface area contributed by atoms with Gasteiger partial charge >= 0.3 is 0 Å². The summed E-state index contributed by atoms with van der Waals surface area (Å²) in [6, 6.07) is 15.4. The molecule has 2 heterocycles. The highest BCUT2D eigenvalue weighted by molar-refractivity contribution is 7.09. The Morgan fingerprint density at radius 3 is 2.66 bits per heavy atom. The second-order valence-electron chi connectivity index (χ2n) is 6.44. The number of hydrogen-bond acceptors (Lipinski definition) is 6. The number of thiazole rings is 2. The van der Waals surface area contributed by atoms with Crippen molar-refractivity contribution in [2.75, 3.05) is 5.32 Å². The van der Waals surface area contributed by atoms with Crippen LogP contribution in [0.3, 0.4) is 0 Å². The van der Waals surface area contributed by atoms with Crippen LogP contribution in [-0.4, -0.2) is 15.9 Å². The molecule has 0 aliphatic rings. The van der Waals surface area contributed by atoms with Gasteiger partial charge in [-0.15, -0.1) is 22.7 Å². The molecule has 146 valence electrons. The molecule has 7 heteroatoms. The van der Waals surface area contributed by atoms with E-state index in [1.54, 1.807) is 16.8 Å². The summed E-state index contributed by atoms with van der Waals surface area (Å²) in [5.74, 6) is 0.537. The second kappa shape index (κ2) is 8.98. The number of anilines is 1. The molecule has 0 aliphatic heterocycles. The number of nitrogens with zero attached hydrogens (tertiary/aromatic N) is 2. The molecule has 1 N–H and O–H groups in total. The third-order valence-corrected chi connectivity index (χ3v) is 5.66. The van der Waals surface area contributed by atoms with Gasteiger partial charge in [0.1, 0.15) is 12.4 Å². The van der Waals surface area contributed by atoms with Gasteiger partial charge < -0.3 is 10.1 Å². The quantitative estimate of drug-likeness (QED) is 0.438. The summed E-state index contributed by atoms with van der Waals surface area (Å²) in [6.45, 7) is 2.36. The van der Waals surface area contributed by atoms with Crippen molar-refractivity contribution in [1.82, 2.24) is 9.97 Å². The van der Waals surface area contributed by atoms with Crippen LogP contribution in [0.4, 0.5) is 5.69 Å². The maximum atomic E-state index is 12.5. The number of ether oxygens (including phenoxy) is 1. The SMILES string of the molecule is Cc1nc(-c2ccc(CC(=O)Nc3ccccc3OCc3cscn3)cc2)cs1. The zero-order valence-corrected chi connectivity index (χ0v) is 17.4. The first-order chi connectivity index (χ1) is 14.2. The van der Waals surface area contributed by atoms with Crippen LogP contribution < -0.4 is 10.1 Å². The molecule has 0 aliphatic carbocycles. The van der Waals surface area contributed by atoms with Crippen molar-refractivity contribution in [3.8, 4) is 17.0 Å². The molecule has 5 nitrogen and oxygen atoms in total. The number of amides is 1. The van der Waals surface area contributed by atoms with Gasteiger partial charge in [0.15, 0.2) is 0 Å². The van der Waals surface area contributed by atoms with Gasteiger partial charge in [0, 0.05) is 16.3 Å². The molecule has 0 unspecified atom stereocenters. The molecule has 4 rings (SSSR count). The van der Waals surface area contributed by atoms with Crippen molar-refractivity contribution in [2.24, 2.45) is 0 Å². The highest BCUT2D eigenvalue weighted by Gasteiger charge is 2.10. The molecule has 0 radical (unpaired) electrons. The molecule has 1 amide bonds. The number of carbonyl (C=O) groups is 1. The van der Waals surface area contributed by atoms with Gasteiger partial charge in [-0.1, -0.05) is 36.4 Å². The summed E-state index contributed by atoms with van der Waals surface area (Å²) in [5.41, 5.74) is 6.26. The third kappa shape index (κ3) is 5.07. The van der Waals surface area contributed by atoms with Gasteiger partial charge in [0.2, 0.25) is 5.91 Å². The maximum absolute atomic E-state index is 12.5. The lowest BCUT2D eigenvalue weighted by molar-refractivity contribution is -0.115. The average Bonchev–Trinajstić information content (AvgIpc) is 3.40. The number of carbonyl (C=O) groups excluding carboxylic acids is 1. The predicted octanol–water partition coefficient (Wildman–Crippen LogP) is 5.34. The Balaban J connectivity index is 1.38. The Bertz CT molecular complexity index is 1090. The predicted molar refractivity (Wildman–Crippen MR) is 118 cm³/mol. The Morgan fingerprint density at radius 2 is 1.93 bits per heavy atom. The minimum atomic E-state index is -0.0908. The van der Waals surface area contributed by atoms with E-state index in [0.717, 1.165) is 27.5 Å². The number of rotatable bonds is 7. The Kier molecular flexibility index (Phi) is 5.97. The first kappa shape index (κ1) is 19.3. The first-order valence-electron chi connectivity index (χ1n) is 9.07. The average molecular weight is 422 g/mol. The number of nitrogens with one attached hydrogen (secondary N) is 1. The largest absolute Gasteiger partial charge is 0.485 e. The zero-order chi connectivity index (χ0) is 20.1. The highest BCUT2D eigenvalue weighted by Crippen LogP contribution is 2.25. The molecule has 29 heavy (non-hydrogen) atoms. The van der Waals surface area contributed by atoms with Crippen LogP contribution >= 0.6 is 22.7 Å². The fourth-order valence-corrected chi connectivity index (χ4v) is 3.99. The van der Waals surface area contributed by atoms with E-state index in [2.05, 4.69) is 15.3 Å². The fraction of sp³-hybridized carbons (Fsp3) is 0.136. The molecule has 4 aromatic rings. The van der Waals surface area contributed by atoms with Crippen molar-refractivity contribution in [2.45, 2.75) is 20.0 Å². The molecular formula is C22H19N3O2S2. The van der Waals surface area contributed by atoms with E-state index in [1.807, 2.05) is 66.2 Å². The second-order valence-corrected chi connectivity index (χ2v) is 8.22. The van der Waals surface area contributed by atoms with Crippen molar-refractivity contribution in [3.63, 3.8) is 0 Å². The fourth-order valence-electron chi connectivity index (χ4n) is 2.83. The van der Waals surface area contributed by atoms with Crippen LogP contribution in [-0.2, 0) is 17.8 Å². The Hall–Kier alpha value is -3.03. The molecule has 0 spiro atoms. The standard InChI is InChI=1S/C22H19N3O2S2/c1-15-24-20(13-29-15)17-8-6-16(7-9-17)10-22(26)25-19-4-2-3-5-21(19)27-11-18-12-28-14-23-18/h2-9,12-14H,10-11H2,1H3,(H,25,26). The molecule has 0 fully saturated rings. The molecule has 0 saturated carbocycles. The van der Waals surface area contributed by atoms with Gasteiger partial charge in [-0.3, -0.25) is 4.79 Å². The normalized spacial score (nSPS) is 10.7. The smallest absolute Gasteiger partial charge is 0.228 e. The van der Waals surface area contributed by atoms with Gasteiger partial charge in [-0.2, -0.15) is 0 Å². The summed E-state index contributed by atoms with van der Waals surface area (Å²) in [6.07, 6.45) is 0.288. The number of para-hydroxylation sites is 2. The van der Waals surface area contributed by atoms with Crippen LogP contribution in [0.1, 0.15) is 16.3 Å². The molecule has 0 atom stereocenters. The minimum Gasteiger partial charge on any atom is -0.485 e. The summed E-state index contributed by atoms with van der Waals surface area (Å²) >= 11 is 3.16. The first-order valence-corrected chi connectivity index (χ1v) is 10.9. The van der Waals surface area contributed by atoms with Gasteiger partial charge in [-0.25, -0.2) is 9.97 Å². The third-order valence-electron chi connectivity index (χ3n) is 4.25. The van der Waals surface area contributed by atoms with E-state index < -0.39 is 0 Å². The van der Waals surface area contributed by atoms with E-state index in [1.165, 1.54) is 11.3 Å². The number of benzene rings is 2. The minimum absolute atomic E-state index is 0.0908. The molecule has 2 aromatic carbocycles. The van der Waals surface area contributed by atoms with E-state index in [-0.39, 0.29) is 12.3 Å².